The van der Waals surface area contributed by atoms with E-state index in [4.69, 9.17) is 0 Å². The van der Waals surface area contributed by atoms with Gasteiger partial charge in [-0.1, -0.05) is 24.3 Å². The van der Waals surface area contributed by atoms with Gasteiger partial charge in [0, 0.05) is 34.8 Å². The van der Waals surface area contributed by atoms with Crippen LogP contribution >= 0.6 is 0 Å². The molecule has 2 aromatic heterocycles. The van der Waals surface area contributed by atoms with Gasteiger partial charge in [-0.25, -0.2) is 0 Å². The van der Waals surface area contributed by atoms with Gasteiger partial charge in [0.05, 0.1) is 11.3 Å². The molecule has 8 nitrogen and oxygen atoms in total. The van der Waals surface area contributed by atoms with Crippen LogP contribution in [0.1, 0.15) is 42.5 Å². The predicted molar refractivity (Wildman–Crippen MR) is 111 cm³/mol. The van der Waals surface area contributed by atoms with Crippen molar-refractivity contribution in [1.29, 1.82) is 0 Å². The fourth-order valence-corrected chi connectivity index (χ4v) is 3.39. The van der Waals surface area contributed by atoms with Crippen LogP contribution in [0.25, 0.3) is 10.9 Å². The van der Waals surface area contributed by atoms with Gasteiger partial charge in [-0.2, -0.15) is 5.10 Å². The van der Waals surface area contributed by atoms with E-state index in [2.05, 4.69) is 15.4 Å². The predicted octanol–water partition coefficient (Wildman–Crippen LogP) is 3.21. The van der Waals surface area contributed by atoms with Gasteiger partial charge in [0.1, 0.15) is 5.69 Å². The van der Waals surface area contributed by atoms with Gasteiger partial charge in [-0.05, 0) is 31.2 Å². The van der Waals surface area contributed by atoms with E-state index in [0.29, 0.717) is 39.7 Å². The van der Waals surface area contributed by atoms with Gasteiger partial charge in [-0.15, -0.1) is 0 Å². The number of hydrogen-bond acceptors (Lipinski definition) is 5. The molecule has 4 aromatic rings. The van der Waals surface area contributed by atoms with Crippen LogP contribution in [0, 0.1) is 6.92 Å². The van der Waals surface area contributed by atoms with Gasteiger partial charge in [0.25, 0.3) is 5.91 Å². The second-order valence-electron chi connectivity index (χ2n) is 6.92. The lowest BCUT2D eigenvalue weighted by molar-refractivity contribution is 0.101. The molecule has 0 aliphatic carbocycles. The summed E-state index contributed by atoms with van der Waals surface area (Å²) in [5.41, 5.74) is 3.02. The fourth-order valence-electron chi connectivity index (χ4n) is 3.39. The summed E-state index contributed by atoms with van der Waals surface area (Å²) in [6.45, 7) is 1.80. The molecule has 0 spiro atoms. The Labute approximate surface area is 171 Å². The van der Waals surface area contributed by atoms with E-state index >= 15 is 0 Å². The number of aromatic nitrogens is 3. The quantitative estimate of drug-likeness (QED) is 0.350. The number of aldehydes is 1. The first-order valence-corrected chi connectivity index (χ1v) is 9.14. The van der Waals surface area contributed by atoms with E-state index < -0.39 is 0 Å². The molecule has 0 radical (unpaired) electrons. The standard InChI is InChI=1S/C22H18N4O4/c1-12-8-19(26(2)25-12)22(30)23-15-5-3-4-13(9-15)20(28)14-6-7-16-17(11-27)21(29)24-18(16)10-14/h3-11,24,29H,1-2H3,(H,23,30). The molecule has 0 unspecified atom stereocenters. The Bertz CT molecular complexity index is 1320. The number of aryl methyl sites for hydroxylation is 2. The number of fused-ring (bicyclic) bond motifs is 1. The van der Waals surface area contributed by atoms with E-state index in [0.717, 1.165) is 5.69 Å². The maximum Gasteiger partial charge on any atom is 0.273 e. The van der Waals surface area contributed by atoms with Gasteiger partial charge in [-0.3, -0.25) is 19.1 Å². The number of rotatable bonds is 5. The highest BCUT2D eigenvalue weighted by Crippen LogP contribution is 2.27. The van der Waals surface area contributed by atoms with Crippen LogP contribution in [0.3, 0.4) is 0 Å². The van der Waals surface area contributed by atoms with Crippen molar-refractivity contribution in [2.24, 2.45) is 7.05 Å². The average molecular weight is 402 g/mol. The molecule has 8 heteroatoms. The van der Waals surface area contributed by atoms with E-state index in [1.54, 1.807) is 62.5 Å². The van der Waals surface area contributed by atoms with Crippen LogP contribution in [-0.4, -0.2) is 37.8 Å². The van der Waals surface area contributed by atoms with Gasteiger partial charge < -0.3 is 15.4 Å². The van der Waals surface area contributed by atoms with Crippen LogP contribution < -0.4 is 5.32 Å². The zero-order valence-electron chi connectivity index (χ0n) is 16.3. The third-order valence-corrected chi connectivity index (χ3v) is 4.82. The highest BCUT2D eigenvalue weighted by molar-refractivity contribution is 6.12. The molecule has 3 N–H and O–H groups in total. The summed E-state index contributed by atoms with van der Waals surface area (Å²) >= 11 is 0. The number of carbonyl (C=O) groups excluding carboxylic acids is 3. The summed E-state index contributed by atoms with van der Waals surface area (Å²) in [5.74, 6) is -0.821. The first-order valence-electron chi connectivity index (χ1n) is 9.14. The molecule has 0 saturated carbocycles. The molecular weight excluding hydrogens is 384 g/mol. The second kappa shape index (κ2) is 7.32. The number of benzene rings is 2. The summed E-state index contributed by atoms with van der Waals surface area (Å²) in [6, 6.07) is 13.1. The normalized spacial score (nSPS) is 10.9. The van der Waals surface area contributed by atoms with Gasteiger partial charge in [0.2, 0.25) is 0 Å². The lowest BCUT2D eigenvalue weighted by atomic mass is 10.0. The summed E-state index contributed by atoms with van der Waals surface area (Å²) < 4.78 is 1.49. The number of H-pyrrole nitrogens is 1. The Morgan fingerprint density at radius 3 is 2.60 bits per heavy atom. The van der Waals surface area contributed by atoms with Crippen LogP contribution in [0.2, 0.25) is 0 Å². The minimum absolute atomic E-state index is 0.152. The Balaban J connectivity index is 1.61. The number of ketones is 1. The van der Waals surface area contributed by atoms with Gasteiger partial charge >= 0.3 is 0 Å². The molecule has 0 saturated heterocycles. The molecular formula is C22H18N4O4. The average Bonchev–Trinajstić information content (AvgIpc) is 3.23. The van der Waals surface area contributed by atoms with Crippen molar-refractivity contribution in [3.05, 3.63) is 76.6 Å². The molecule has 0 aliphatic rings. The topological polar surface area (TPSA) is 117 Å². The van der Waals surface area contributed by atoms with Crippen LogP contribution in [-0.2, 0) is 7.05 Å². The van der Waals surface area contributed by atoms with Crippen molar-refractivity contribution in [3.63, 3.8) is 0 Å². The van der Waals surface area contributed by atoms with Crippen LogP contribution in [0.5, 0.6) is 5.88 Å². The third-order valence-electron chi connectivity index (χ3n) is 4.82. The molecule has 1 amide bonds. The lowest BCUT2D eigenvalue weighted by Gasteiger charge is -2.08. The van der Waals surface area contributed by atoms with E-state index in [9.17, 15) is 19.5 Å². The van der Waals surface area contributed by atoms with Gasteiger partial charge in [0.15, 0.2) is 17.9 Å². The van der Waals surface area contributed by atoms with Crippen LogP contribution in [0.15, 0.2) is 48.5 Å². The molecule has 0 fully saturated rings. The highest BCUT2D eigenvalue weighted by atomic mass is 16.3. The van der Waals surface area contributed by atoms with Crippen molar-refractivity contribution in [2.45, 2.75) is 6.92 Å². The minimum Gasteiger partial charge on any atom is -0.494 e. The largest absolute Gasteiger partial charge is 0.494 e. The van der Waals surface area contributed by atoms with E-state index in [1.807, 2.05) is 0 Å². The molecule has 2 aromatic carbocycles. The summed E-state index contributed by atoms with van der Waals surface area (Å²) in [6.07, 6.45) is 0.561. The smallest absolute Gasteiger partial charge is 0.273 e. The number of aromatic hydroxyl groups is 1. The number of nitrogens with zero attached hydrogens (tertiary/aromatic N) is 2. The maximum atomic E-state index is 12.9. The second-order valence-corrected chi connectivity index (χ2v) is 6.92. The first-order chi connectivity index (χ1) is 14.4. The molecule has 150 valence electrons. The summed E-state index contributed by atoms with van der Waals surface area (Å²) in [7, 11) is 1.69. The Morgan fingerprint density at radius 2 is 1.90 bits per heavy atom. The molecule has 0 atom stereocenters. The SMILES string of the molecule is Cc1cc(C(=O)Nc2cccc(C(=O)c3ccc4c(C=O)c(O)[nH]c4c3)c2)n(C)n1. The zero-order chi connectivity index (χ0) is 21.4. The number of hydrogen-bond donors (Lipinski definition) is 3. The third kappa shape index (κ3) is 3.35. The molecule has 0 bridgehead atoms. The number of carbonyl (C=O) groups is 3. The molecule has 0 aliphatic heterocycles. The monoisotopic (exact) mass is 402 g/mol. The molecule has 2 heterocycles. The lowest BCUT2D eigenvalue weighted by Crippen LogP contribution is -2.16. The number of aromatic amines is 1. The number of nitrogens with one attached hydrogen (secondary N) is 2. The zero-order valence-corrected chi connectivity index (χ0v) is 16.3. The summed E-state index contributed by atoms with van der Waals surface area (Å²) in [5, 5.41) is 17.3. The first kappa shape index (κ1) is 19.1. The Morgan fingerprint density at radius 1 is 1.13 bits per heavy atom. The number of amides is 1. The van der Waals surface area contributed by atoms with Crippen molar-refractivity contribution in [1.82, 2.24) is 14.8 Å². The maximum absolute atomic E-state index is 12.9. The Hall–Kier alpha value is -4.20. The van der Waals surface area contributed by atoms with Crippen molar-refractivity contribution in [3.8, 4) is 5.88 Å². The van der Waals surface area contributed by atoms with E-state index in [1.165, 1.54) is 4.68 Å². The van der Waals surface area contributed by atoms with Crippen molar-refractivity contribution >= 4 is 34.6 Å². The highest BCUT2D eigenvalue weighted by Gasteiger charge is 2.16. The Kier molecular flexibility index (Phi) is 4.67. The molecule has 4 rings (SSSR count). The van der Waals surface area contributed by atoms with E-state index in [-0.39, 0.29) is 23.1 Å². The fraction of sp³-hybridized carbons (Fsp3) is 0.0909. The summed E-state index contributed by atoms with van der Waals surface area (Å²) in [4.78, 5) is 39.2. The van der Waals surface area contributed by atoms with Crippen molar-refractivity contribution < 1.29 is 19.5 Å². The minimum atomic E-state index is -0.327. The molecule has 30 heavy (non-hydrogen) atoms. The van der Waals surface area contributed by atoms with Crippen molar-refractivity contribution in [2.75, 3.05) is 5.32 Å². The van der Waals surface area contributed by atoms with Crippen LogP contribution in [0.4, 0.5) is 5.69 Å². The number of anilines is 1.